The first-order valence-electron chi connectivity index (χ1n) is 11.6. The van der Waals surface area contributed by atoms with Crippen LogP contribution in [0.25, 0.3) is 6.08 Å². The molecule has 1 saturated carbocycles. The summed E-state index contributed by atoms with van der Waals surface area (Å²) in [7, 11) is 0. The highest BCUT2D eigenvalue weighted by atomic mass is 35.5. The topological polar surface area (TPSA) is 88.4 Å². The maximum atomic E-state index is 12.9. The van der Waals surface area contributed by atoms with Crippen molar-refractivity contribution in [2.75, 3.05) is 0 Å². The van der Waals surface area contributed by atoms with Gasteiger partial charge in [0.25, 0.3) is 5.91 Å². The molecule has 4 rings (SSSR count). The molecule has 35 heavy (non-hydrogen) atoms. The third kappa shape index (κ3) is 5.23. The van der Waals surface area contributed by atoms with Gasteiger partial charge in [-0.3, -0.25) is 9.59 Å². The van der Waals surface area contributed by atoms with Gasteiger partial charge in [0.1, 0.15) is 5.54 Å². The van der Waals surface area contributed by atoms with Gasteiger partial charge < -0.3 is 15.0 Å². The van der Waals surface area contributed by atoms with E-state index in [4.69, 9.17) is 11.6 Å². The van der Waals surface area contributed by atoms with Crippen LogP contribution in [0.15, 0.2) is 66.9 Å². The summed E-state index contributed by atoms with van der Waals surface area (Å²) in [6.45, 7) is 2.42. The average molecular weight is 491 g/mol. The summed E-state index contributed by atoms with van der Waals surface area (Å²) in [5.41, 5.74) is 1.93. The first-order chi connectivity index (χ1) is 16.8. The Balaban J connectivity index is 1.49. The molecule has 180 valence electrons. The van der Waals surface area contributed by atoms with Crippen molar-refractivity contribution in [2.45, 2.75) is 44.7 Å². The molecule has 0 radical (unpaired) electrons. The monoisotopic (exact) mass is 490 g/mol. The summed E-state index contributed by atoms with van der Waals surface area (Å²) in [5, 5.41) is 12.6. The number of nitrogens with zero attached hydrogens (tertiary/aromatic N) is 1. The van der Waals surface area contributed by atoms with Crippen LogP contribution in [0.5, 0.6) is 0 Å². The van der Waals surface area contributed by atoms with E-state index in [-0.39, 0.29) is 16.4 Å². The molecule has 1 heterocycles. The van der Waals surface area contributed by atoms with Crippen LogP contribution in [0.1, 0.15) is 63.2 Å². The van der Waals surface area contributed by atoms with E-state index in [1.807, 2.05) is 54.1 Å². The number of carboxylic acid groups (broad SMARTS) is 1. The molecule has 0 aliphatic heterocycles. The fraction of sp³-hybridized carbons (Fsp3) is 0.250. The van der Waals surface area contributed by atoms with Crippen molar-refractivity contribution >= 4 is 35.3 Å². The summed E-state index contributed by atoms with van der Waals surface area (Å²) < 4.78 is 1.85. The van der Waals surface area contributed by atoms with Crippen molar-refractivity contribution in [3.63, 3.8) is 0 Å². The van der Waals surface area contributed by atoms with Crippen LogP contribution < -0.4 is 5.32 Å². The molecule has 1 fully saturated rings. The molecule has 1 aromatic heterocycles. The molecule has 1 aliphatic carbocycles. The van der Waals surface area contributed by atoms with Gasteiger partial charge in [-0.1, -0.05) is 78.6 Å². The van der Waals surface area contributed by atoms with E-state index in [2.05, 4.69) is 5.32 Å². The lowest BCUT2D eigenvalue weighted by molar-refractivity contribution is -0.144. The number of aromatic nitrogens is 1. The average Bonchev–Trinajstić information content (AvgIpc) is 3.51. The largest absolute Gasteiger partial charge is 0.480 e. The molecule has 0 spiro atoms. The van der Waals surface area contributed by atoms with Crippen molar-refractivity contribution < 1.29 is 19.5 Å². The second kappa shape index (κ2) is 10.3. The van der Waals surface area contributed by atoms with Gasteiger partial charge in [-0.25, -0.2) is 4.79 Å². The zero-order valence-electron chi connectivity index (χ0n) is 19.5. The first kappa shape index (κ1) is 24.5. The quantitative estimate of drug-likeness (QED) is 0.407. The highest BCUT2D eigenvalue weighted by Crippen LogP contribution is 2.31. The Hall–Kier alpha value is -3.64. The van der Waals surface area contributed by atoms with Crippen LogP contribution in [0, 0.1) is 6.92 Å². The number of benzene rings is 2. The van der Waals surface area contributed by atoms with Crippen molar-refractivity contribution in [1.29, 1.82) is 0 Å². The SMILES string of the molecule is Cc1ccc(C(=O)c2cccn2C/C=C/c2cccc(C(=O)NC3(C(=O)O)CCCC3)c2Cl)cc1. The number of hydrogen-bond donors (Lipinski definition) is 2. The van der Waals surface area contributed by atoms with E-state index < -0.39 is 17.4 Å². The van der Waals surface area contributed by atoms with E-state index in [1.165, 1.54) is 0 Å². The molecule has 0 atom stereocenters. The zero-order valence-corrected chi connectivity index (χ0v) is 20.2. The Morgan fingerprint density at radius 3 is 2.46 bits per heavy atom. The number of hydrogen-bond acceptors (Lipinski definition) is 3. The number of allylic oxidation sites excluding steroid dienone is 1. The first-order valence-corrected chi connectivity index (χ1v) is 12.0. The summed E-state index contributed by atoms with van der Waals surface area (Å²) >= 11 is 6.53. The summed E-state index contributed by atoms with van der Waals surface area (Å²) in [5.74, 6) is -1.57. The molecule has 1 amide bonds. The molecule has 3 aromatic rings. The van der Waals surface area contributed by atoms with Gasteiger partial charge in [-0.2, -0.15) is 0 Å². The fourth-order valence-corrected chi connectivity index (χ4v) is 4.71. The van der Waals surface area contributed by atoms with Gasteiger partial charge in [0.15, 0.2) is 0 Å². The van der Waals surface area contributed by atoms with Crippen LogP contribution >= 0.6 is 11.6 Å². The van der Waals surface area contributed by atoms with Gasteiger partial charge in [-0.05, 0) is 43.5 Å². The lowest BCUT2D eigenvalue weighted by Gasteiger charge is -2.25. The minimum Gasteiger partial charge on any atom is -0.480 e. The van der Waals surface area contributed by atoms with Crippen LogP contribution in [-0.4, -0.2) is 32.9 Å². The Kier molecular flexibility index (Phi) is 7.22. The lowest BCUT2D eigenvalue weighted by atomic mass is 9.97. The number of amides is 1. The van der Waals surface area contributed by atoms with E-state index in [1.54, 1.807) is 30.3 Å². The number of ketones is 1. The standard InChI is InChI=1S/C28H27ClN2O4/c1-19-11-13-21(14-12-19)25(32)23-10-6-18-31(23)17-5-8-20-7-4-9-22(24(20)29)26(33)30-28(27(34)35)15-2-3-16-28/h4-14,18H,2-3,15-17H2,1H3,(H,30,33)(H,34,35)/b8-5+. The summed E-state index contributed by atoms with van der Waals surface area (Å²) in [4.78, 5) is 37.6. The molecular formula is C28H27ClN2O4. The Labute approximate surface area is 209 Å². The van der Waals surface area contributed by atoms with E-state index in [0.717, 1.165) is 18.4 Å². The van der Waals surface area contributed by atoms with E-state index >= 15 is 0 Å². The normalized spacial score (nSPS) is 14.8. The van der Waals surface area contributed by atoms with E-state index in [0.29, 0.717) is 36.2 Å². The molecule has 2 aromatic carbocycles. The van der Waals surface area contributed by atoms with Crippen molar-refractivity contribution in [3.8, 4) is 0 Å². The summed E-state index contributed by atoms with van der Waals surface area (Å²) in [6, 6.07) is 16.2. The van der Waals surface area contributed by atoms with Gasteiger partial charge in [0, 0.05) is 18.3 Å². The predicted molar refractivity (Wildman–Crippen MR) is 136 cm³/mol. The van der Waals surface area contributed by atoms with Crippen LogP contribution in [0.2, 0.25) is 5.02 Å². The van der Waals surface area contributed by atoms with Crippen molar-refractivity contribution in [1.82, 2.24) is 9.88 Å². The predicted octanol–water partition coefficient (Wildman–Crippen LogP) is 5.52. The number of nitrogens with one attached hydrogen (secondary N) is 1. The zero-order chi connectivity index (χ0) is 25.0. The van der Waals surface area contributed by atoms with Crippen LogP contribution in [0.3, 0.4) is 0 Å². The number of halogens is 1. The van der Waals surface area contributed by atoms with Crippen molar-refractivity contribution in [3.05, 3.63) is 99.8 Å². The molecular weight excluding hydrogens is 464 g/mol. The molecule has 6 nitrogen and oxygen atoms in total. The Bertz CT molecular complexity index is 1280. The fourth-order valence-electron chi connectivity index (χ4n) is 4.43. The van der Waals surface area contributed by atoms with Crippen LogP contribution in [0.4, 0.5) is 0 Å². The third-order valence-electron chi connectivity index (χ3n) is 6.47. The maximum absolute atomic E-state index is 12.9. The molecule has 2 N–H and O–H groups in total. The van der Waals surface area contributed by atoms with E-state index in [9.17, 15) is 19.5 Å². The number of aliphatic carboxylic acids is 1. The smallest absolute Gasteiger partial charge is 0.329 e. The second-order valence-electron chi connectivity index (χ2n) is 8.90. The minimum absolute atomic E-state index is 0.0561. The Morgan fingerprint density at radius 1 is 1.06 bits per heavy atom. The van der Waals surface area contributed by atoms with Crippen molar-refractivity contribution in [2.24, 2.45) is 0 Å². The molecule has 7 heteroatoms. The van der Waals surface area contributed by atoms with Gasteiger partial charge in [-0.15, -0.1) is 0 Å². The highest BCUT2D eigenvalue weighted by Gasteiger charge is 2.43. The van der Waals surface area contributed by atoms with Gasteiger partial charge in [0.05, 0.1) is 16.3 Å². The van der Waals surface area contributed by atoms with Gasteiger partial charge >= 0.3 is 5.97 Å². The number of aryl methyl sites for hydroxylation is 1. The summed E-state index contributed by atoms with van der Waals surface area (Å²) in [6.07, 6.45) is 7.84. The number of carboxylic acids is 1. The number of rotatable bonds is 8. The molecule has 0 saturated heterocycles. The number of carbonyl (C=O) groups excluding carboxylic acids is 2. The Morgan fingerprint density at radius 2 is 1.77 bits per heavy atom. The van der Waals surface area contributed by atoms with Crippen LogP contribution in [-0.2, 0) is 11.3 Å². The van der Waals surface area contributed by atoms with Gasteiger partial charge in [0.2, 0.25) is 5.78 Å². The minimum atomic E-state index is -1.24. The third-order valence-corrected chi connectivity index (χ3v) is 6.89. The molecule has 0 unspecified atom stereocenters. The lowest BCUT2D eigenvalue weighted by Crippen LogP contribution is -2.52. The molecule has 0 bridgehead atoms. The maximum Gasteiger partial charge on any atom is 0.329 e. The highest BCUT2D eigenvalue weighted by molar-refractivity contribution is 6.35. The molecule has 1 aliphatic rings. The second-order valence-corrected chi connectivity index (χ2v) is 9.28. The number of carbonyl (C=O) groups is 3.